The fourth-order valence-corrected chi connectivity index (χ4v) is 5.10. The van der Waals surface area contributed by atoms with Crippen LogP contribution in [0.2, 0.25) is 0 Å². The molecule has 0 spiro atoms. The second-order valence-electron chi connectivity index (χ2n) is 8.38. The summed E-state index contributed by atoms with van der Waals surface area (Å²) in [5, 5.41) is 2.10. The Morgan fingerprint density at radius 2 is 1.94 bits per heavy atom. The topological polar surface area (TPSA) is 49.9 Å². The fourth-order valence-electron chi connectivity index (χ4n) is 4.20. The third-order valence-electron chi connectivity index (χ3n) is 5.96. The number of hydrogen-bond donors (Lipinski definition) is 0. The van der Waals surface area contributed by atoms with E-state index in [1.807, 2.05) is 43.0 Å². The Morgan fingerprint density at radius 3 is 2.58 bits per heavy atom. The molecule has 31 heavy (non-hydrogen) atoms. The number of nitrogens with zero attached hydrogens (tertiary/aromatic N) is 2. The molecule has 168 valence electrons. The lowest BCUT2D eigenvalue weighted by atomic mass is 9.93. The van der Waals surface area contributed by atoms with Crippen molar-refractivity contribution >= 4 is 23.2 Å². The number of methoxy groups -OCH3 is 1. The number of ether oxygens (including phenoxy) is 1. The minimum absolute atomic E-state index is 0.000915. The van der Waals surface area contributed by atoms with Gasteiger partial charge in [0.2, 0.25) is 11.8 Å². The molecule has 3 rings (SSSR count). The SMILES string of the molecule is CCCCCC(=O)N(CC(=O)N1CCc2sccc2C1c1ccc(OC)cc1)C(C)C. The van der Waals surface area contributed by atoms with Crippen LogP contribution in [-0.4, -0.2) is 47.9 Å². The summed E-state index contributed by atoms with van der Waals surface area (Å²) >= 11 is 1.75. The highest BCUT2D eigenvalue weighted by molar-refractivity contribution is 7.10. The Labute approximate surface area is 190 Å². The zero-order valence-electron chi connectivity index (χ0n) is 19.1. The van der Waals surface area contributed by atoms with Crippen LogP contribution >= 0.6 is 11.3 Å². The highest BCUT2D eigenvalue weighted by atomic mass is 32.1. The monoisotopic (exact) mass is 442 g/mol. The van der Waals surface area contributed by atoms with Gasteiger partial charge in [0.05, 0.1) is 13.2 Å². The van der Waals surface area contributed by atoms with Crippen LogP contribution in [0.1, 0.15) is 68.5 Å². The summed E-state index contributed by atoms with van der Waals surface area (Å²) in [6.45, 7) is 6.90. The third-order valence-corrected chi connectivity index (χ3v) is 6.96. The number of hydrogen-bond acceptors (Lipinski definition) is 4. The molecule has 1 unspecified atom stereocenters. The van der Waals surface area contributed by atoms with Crippen molar-refractivity contribution in [3.63, 3.8) is 0 Å². The lowest BCUT2D eigenvalue weighted by Gasteiger charge is -2.38. The molecule has 0 fully saturated rings. The maximum absolute atomic E-state index is 13.5. The lowest BCUT2D eigenvalue weighted by molar-refractivity contribution is -0.143. The first-order valence-electron chi connectivity index (χ1n) is 11.2. The molecular formula is C25H34N2O3S. The Kier molecular flexibility index (Phi) is 8.13. The van der Waals surface area contributed by atoms with Gasteiger partial charge in [-0.25, -0.2) is 0 Å². The van der Waals surface area contributed by atoms with Crippen LogP contribution in [0.4, 0.5) is 0 Å². The molecule has 2 heterocycles. The van der Waals surface area contributed by atoms with Gasteiger partial charge < -0.3 is 14.5 Å². The predicted molar refractivity (Wildman–Crippen MR) is 126 cm³/mol. The molecule has 1 aromatic heterocycles. The summed E-state index contributed by atoms with van der Waals surface area (Å²) in [7, 11) is 1.65. The number of carbonyl (C=O) groups excluding carboxylic acids is 2. The van der Waals surface area contributed by atoms with Gasteiger partial charge in [-0.2, -0.15) is 0 Å². The fraction of sp³-hybridized carbons (Fsp3) is 0.520. The van der Waals surface area contributed by atoms with Gasteiger partial charge in [-0.1, -0.05) is 31.9 Å². The minimum Gasteiger partial charge on any atom is -0.497 e. The zero-order chi connectivity index (χ0) is 22.4. The second-order valence-corrected chi connectivity index (χ2v) is 9.39. The summed E-state index contributed by atoms with van der Waals surface area (Å²) in [5.74, 6) is 0.882. The average Bonchev–Trinajstić information content (AvgIpc) is 3.25. The summed E-state index contributed by atoms with van der Waals surface area (Å²) < 4.78 is 5.31. The van der Waals surface area contributed by atoms with Crippen molar-refractivity contribution in [3.05, 3.63) is 51.7 Å². The van der Waals surface area contributed by atoms with Gasteiger partial charge in [-0.05, 0) is 61.4 Å². The molecule has 0 radical (unpaired) electrons. The average molecular weight is 443 g/mol. The van der Waals surface area contributed by atoms with Gasteiger partial charge in [-0.15, -0.1) is 11.3 Å². The first-order chi connectivity index (χ1) is 15.0. The molecule has 2 aromatic rings. The first kappa shape index (κ1) is 23.3. The smallest absolute Gasteiger partial charge is 0.243 e. The van der Waals surface area contributed by atoms with E-state index in [0.717, 1.165) is 37.0 Å². The van der Waals surface area contributed by atoms with Crippen molar-refractivity contribution < 1.29 is 14.3 Å². The maximum Gasteiger partial charge on any atom is 0.243 e. The Hall–Kier alpha value is -2.34. The number of thiophene rings is 1. The maximum atomic E-state index is 13.5. The van der Waals surface area contributed by atoms with Crippen LogP contribution in [0.5, 0.6) is 5.75 Å². The van der Waals surface area contributed by atoms with E-state index in [0.29, 0.717) is 13.0 Å². The molecule has 1 aromatic carbocycles. The summed E-state index contributed by atoms with van der Waals surface area (Å²) in [6, 6.07) is 9.95. The number of benzene rings is 1. The number of amides is 2. The summed E-state index contributed by atoms with van der Waals surface area (Å²) in [4.78, 5) is 31.3. The summed E-state index contributed by atoms with van der Waals surface area (Å²) in [6.07, 6.45) is 4.36. The Morgan fingerprint density at radius 1 is 1.19 bits per heavy atom. The van der Waals surface area contributed by atoms with Gasteiger partial charge in [0.25, 0.3) is 0 Å². The molecule has 0 N–H and O–H groups in total. The highest BCUT2D eigenvalue weighted by Crippen LogP contribution is 2.38. The molecule has 2 amide bonds. The number of carbonyl (C=O) groups is 2. The molecule has 0 saturated heterocycles. The first-order valence-corrected chi connectivity index (χ1v) is 12.1. The van der Waals surface area contributed by atoms with Gasteiger partial charge in [0.15, 0.2) is 0 Å². The van der Waals surface area contributed by atoms with Gasteiger partial charge >= 0.3 is 0 Å². The van der Waals surface area contributed by atoms with Gasteiger partial charge in [0, 0.05) is 23.9 Å². The van der Waals surface area contributed by atoms with Gasteiger partial charge in [0.1, 0.15) is 12.3 Å². The van der Waals surface area contributed by atoms with Crippen molar-refractivity contribution in [2.45, 2.75) is 65.0 Å². The quantitative estimate of drug-likeness (QED) is 0.511. The molecule has 0 bridgehead atoms. The van der Waals surface area contributed by atoms with E-state index >= 15 is 0 Å². The third kappa shape index (κ3) is 5.48. The van der Waals surface area contributed by atoms with Gasteiger partial charge in [-0.3, -0.25) is 9.59 Å². The molecule has 6 heteroatoms. The second kappa shape index (κ2) is 10.8. The molecule has 5 nitrogen and oxygen atoms in total. The molecule has 0 saturated carbocycles. The van der Waals surface area contributed by atoms with E-state index in [1.165, 1.54) is 10.4 Å². The standard InChI is InChI=1S/C25H34N2O3S/c1-5-6-7-8-23(28)27(18(2)3)17-24(29)26-15-13-22-21(14-16-31-22)25(26)19-9-11-20(30-4)12-10-19/h9-12,14,16,18,25H,5-8,13,15,17H2,1-4H3. The van der Waals surface area contributed by atoms with Crippen LogP contribution in [0.25, 0.3) is 0 Å². The lowest BCUT2D eigenvalue weighted by Crippen LogP contribution is -2.48. The molecule has 0 aliphatic carbocycles. The van der Waals surface area contributed by atoms with Crippen LogP contribution in [-0.2, 0) is 16.0 Å². The molecule has 1 atom stereocenters. The van der Waals surface area contributed by atoms with E-state index in [-0.39, 0.29) is 30.4 Å². The Balaban J connectivity index is 1.82. The van der Waals surface area contributed by atoms with E-state index in [4.69, 9.17) is 4.74 Å². The van der Waals surface area contributed by atoms with Crippen LogP contribution in [0.3, 0.4) is 0 Å². The summed E-state index contributed by atoms with van der Waals surface area (Å²) in [5.41, 5.74) is 2.26. The van der Waals surface area contributed by atoms with Crippen molar-refractivity contribution in [2.24, 2.45) is 0 Å². The number of rotatable bonds is 9. The van der Waals surface area contributed by atoms with E-state index < -0.39 is 0 Å². The van der Waals surface area contributed by atoms with Crippen LogP contribution < -0.4 is 4.74 Å². The largest absolute Gasteiger partial charge is 0.497 e. The Bertz CT molecular complexity index is 875. The van der Waals surface area contributed by atoms with Crippen molar-refractivity contribution in [1.29, 1.82) is 0 Å². The normalized spacial score (nSPS) is 15.6. The van der Waals surface area contributed by atoms with E-state index in [2.05, 4.69) is 18.4 Å². The minimum atomic E-state index is -0.127. The number of unbranched alkanes of at least 4 members (excludes halogenated alkanes) is 2. The highest BCUT2D eigenvalue weighted by Gasteiger charge is 2.34. The van der Waals surface area contributed by atoms with Crippen LogP contribution in [0.15, 0.2) is 35.7 Å². The van der Waals surface area contributed by atoms with Crippen molar-refractivity contribution in [3.8, 4) is 5.75 Å². The van der Waals surface area contributed by atoms with Crippen molar-refractivity contribution in [2.75, 3.05) is 20.2 Å². The van der Waals surface area contributed by atoms with E-state index in [9.17, 15) is 9.59 Å². The molecule has 1 aliphatic rings. The van der Waals surface area contributed by atoms with Crippen molar-refractivity contribution in [1.82, 2.24) is 9.80 Å². The predicted octanol–water partition coefficient (Wildman–Crippen LogP) is 5.05. The van der Waals surface area contributed by atoms with E-state index in [1.54, 1.807) is 23.3 Å². The molecular weight excluding hydrogens is 408 g/mol. The zero-order valence-corrected chi connectivity index (χ0v) is 19.9. The van der Waals surface area contributed by atoms with Crippen LogP contribution in [0, 0.1) is 0 Å². The molecule has 1 aliphatic heterocycles. The number of fused-ring (bicyclic) bond motifs is 1.